The summed E-state index contributed by atoms with van der Waals surface area (Å²) in [6.45, 7) is 1.84. The van der Waals surface area contributed by atoms with Crippen molar-refractivity contribution in [3.63, 3.8) is 0 Å². The molecule has 0 aliphatic rings. The van der Waals surface area contributed by atoms with E-state index < -0.39 is 0 Å². The van der Waals surface area contributed by atoms with Gasteiger partial charge in [-0.15, -0.1) is 0 Å². The first-order valence-electron chi connectivity index (χ1n) is 3.93. The van der Waals surface area contributed by atoms with Gasteiger partial charge in [0, 0.05) is 6.07 Å². The van der Waals surface area contributed by atoms with Gasteiger partial charge in [0.1, 0.15) is 5.75 Å². The van der Waals surface area contributed by atoms with E-state index in [2.05, 4.69) is 10.2 Å². The lowest BCUT2D eigenvalue weighted by atomic mass is 10.2. The lowest BCUT2D eigenvalue weighted by Gasteiger charge is -2.01. The molecule has 2 aromatic rings. The van der Waals surface area contributed by atoms with Gasteiger partial charge < -0.3 is 5.11 Å². The summed E-state index contributed by atoms with van der Waals surface area (Å²) < 4.78 is 0. The number of hydrogen-bond donors (Lipinski definition) is 1. The summed E-state index contributed by atoms with van der Waals surface area (Å²) in [6, 6.07) is 5.32. The number of rotatable bonds is 1. The Balaban J connectivity index is 2.49. The van der Waals surface area contributed by atoms with Crippen molar-refractivity contribution in [1.29, 1.82) is 0 Å². The van der Waals surface area contributed by atoms with Crippen molar-refractivity contribution in [1.82, 2.24) is 15.0 Å². The van der Waals surface area contributed by atoms with Crippen molar-refractivity contribution in [3.8, 4) is 11.4 Å². The molecule has 0 radical (unpaired) electrons. The second-order valence-corrected chi connectivity index (χ2v) is 2.79. The van der Waals surface area contributed by atoms with Gasteiger partial charge >= 0.3 is 0 Å². The average Bonchev–Trinajstić information content (AvgIpc) is 2.62. The summed E-state index contributed by atoms with van der Waals surface area (Å²) in [4.78, 5) is 1.46. The first kappa shape index (κ1) is 7.79. The second kappa shape index (κ2) is 2.90. The number of phenolic OH excluding ortho intramolecular Hbond substituents is 1. The van der Waals surface area contributed by atoms with Crippen molar-refractivity contribution in [2.75, 3.05) is 0 Å². The Labute approximate surface area is 75.4 Å². The highest BCUT2D eigenvalue weighted by Gasteiger charge is 2.00. The molecule has 0 unspecified atom stereocenters. The quantitative estimate of drug-likeness (QED) is 0.710. The molecule has 0 saturated heterocycles. The molecule has 66 valence electrons. The lowest BCUT2D eigenvalue weighted by molar-refractivity contribution is 0.470. The molecule has 0 bridgehead atoms. The third kappa shape index (κ3) is 1.38. The minimum absolute atomic E-state index is 0.259. The van der Waals surface area contributed by atoms with Gasteiger partial charge in [0.25, 0.3) is 0 Å². The maximum atomic E-state index is 9.43. The summed E-state index contributed by atoms with van der Waals surface area (Å²) in [5, 5.41) is 17.3. The third-order valence-corrected chi connectivity index (χ3v) is 1.84. The number of hydrogen-bond acceptors (Lipinski definition) is 3. The number of aromatic hydroxyl groups is 1. The Morgan fingerprint density at radius 2 is 1.92 bits per heavy atom. The van der Waals surface area contributed by atoms with Crippen LogP contribution in [0.15, 0.2) is 30.6 Å². The zero-order chi connectivity index (χ0) is 9.26. The zero-order valence-electron chi connectivity index (χ0n) is 7.18. The molecule has 0 aliphatic heterocycles. The molecule has 0 aliphatic carbocycles. The maximum absolute atomic E-state index is 9.43. The highest BCUT2D eigenvalue weighted by molar-refractivity contribution is 5.42. The minimum atomic E-state index is 0.259. The molecule has 0 fully saturated rings. The van der Waals surface area contributed by atoms with Crippen LogP contribution in [0, 0.1) is 6.92 Å². The molecule has 1 aromatic carbocycles. The summed E-state index contributed by atoms with van der Waals surface area (Å²) >= 11 is 0. The van der Waals surface area contributed by atoms with Crippen LogP contribution in [0.3, 0.4) is 0 Å². The molecule has 0 atom stereocenters. The van der Waals surface area contributed by atoms with Gasteiger partial charge in [0.2, 0.25) is 0 Å². The van der Waals surface area contributed by atoms with E-state index >= 15 is 0 Å². The van der Waals surface area contributed by atoms with Crippen LogP contribution in [0.4, 0.5) is 0 Å². The maximum Gasteiger partial charge on any atom is 0.120 e. The molecule has 1 aromatic heterocycles. The fraction of sp³-hybridized carbons (Fsp3) is 0.111. The molecule has 4 heteroatoms. The van der Waals surface area contributed by atoms with Crippen molar-refractivity contribution >= 4 is 0 Å². The standard InChI is InChI=1S/C9H9N3O/c1-7-2-3-8(6-9(7)13)12-10-4-5-11-12/h2-6,13H,1H3. The molecule has 1 heterocycles. The Kier molecular flexibility index (Phi) is 1.73. The van der Waals surface area contributed by atoms with E-state index in [4.69, 9.17) is 0 Å². The molecular weight excluding hydrogens is 166 g/mol. The van der Waals surface area contributed by atoms with Crippen molar-refractivity contribution in [2.24, 2.45) is 0 Å². The summed E-state index contributed by atoms with van der Waals surface area (Å²) in [6.07, 6.45) is 3.19. The van der Waals surface area contributed by atoms with Gasteiger partial charge in [-0.25, -0.2) is 0 Å². The normalized spacial score (nSPS) is 10.2. The smallest absolute Gasteiger partial charge is 0.120 e. The highest BCUT2D eigenvalue weighted by atomic mass is 16.3. The Morgan fingerprint density at radius 3 is 2.54 bits per heavy atom. The van der Waals surface area contributed by atoms with Crippen LogP contribution >= 0.6 is 0 Å². The Morgan fingerprint density at radius 1 is 1.23 bits per heavy atom. The first-order chi connectivity index (χ1) is 6.27. The summed E-state index contributed by atoms with van der Waals surface area (Å²) in [5.41, 5.74) is 1.60. The van der Waals surface area contributed by atoms with Gasteiger partial charge in [-0.3, -0.25) is 0 Å². The number of nitrogens with zero attached hydrogens (tertiary/aromatic N) is 3. The molecule has 13 heavy (non-hydrogen) atoms. The van der Waals surface area contributed by atoms with Crippen molar-refractivity contribution in [2.45, 2.75) is 6.92 Å². The van der Waals surface area contributed by atoms with E-state index in [1.54, 1.807) is 18.5 Å². The Bertz CT molecular complexity index is 409. The van der Waals surface area contributed by atoms with Crippen LogP contribution in [0.2, 0.25) is 0 Å². The number of benzene rings is 1. The lowest BCUT2D eigenvalue weighted by Crippen LogP contribution is -1.97. The van der Waals surface area contributed by atoms with Crippen molar-refractivity contribution in [3.05, 3.63) is 36.2 Å². The van der Waals surface area contributed by atoms with E-state index in [-0.39, 0.29) is 5.75 Å². The van der Waals surface area contributed by atoms with Gasteiger partial charge in [-0.2, -0.15) is 15.0 Å². The monoisotopic (exact) mass is 175 g/mol. The van der Waals surface area contributed by atoms with Gasteiger partial charge in [0.15, 0.2) is 0 Å². The van der Waals surface area contributed by atoms with E-state index in [1.807, 2.05) is 19.1 Å². The predicted molar refractivity (Wildman–Crippen MR) is 47.8 cm³/mol. The van der Waals surface area contributed by atoms with E-state index in [1.165, 1.54) is 4.80 Å². The van der Waals surface area contributed by atoms with Gasteiger partial charge in [0.05, 0.1) is 18.1 Å². The molecule has 0 amide bonds. The molecule has 0 saturated carbocycles. The fourth-order valence-electron chi connectivity index (χ4n) is 1.07. The predicted octanol–water partition coefficient (Wildman–Crippen LogP) is 1.28. The SMILES string of the molecule is Cc1ccc(-n2nccn2)cc1O. The van der Waals surface area contributed by atoms with Crippen molar-refractivity contribution < 1.29 is 5.11 Å². The number of aryl methyl sites for hydroxylation is 1. The van der Waals surface area contributed by atoms with E-state index in [9.17, 15) is 5.11 Å². The minimum Gasteiger partial charge on any atom is -0.508 e. The molecule has 4 nitrogen and oxygen atoms in total. The zero-order valence-corrected chi connectivity index (χ0v) is 7.18. The fourth-order valence-corrected chi connectivity index (χ4v) is 1.07. The van der Waals surface area contributed by atoms with E-state index in [0.29, 0.717) is 0 Å². The van der Waals surface area contributed by atoms with Crippen LogP contribution in [0.5, 0.6) is 5.75 Å². The largest absolute Gasteiger partial charge is 0.508 e. The number of aromatic nitrogens is 3. The highest BCUT2D eigenvalue weighted by Crippen LogP contribution is 2.18. The van der Waals surface area contributed by atoms with Crippen LogP contribution < -0.4 is 0 Å². The van der Waals surface area contributed by atoms with E-state index in [0.717, 1.165) is 11.3 Å². The first-order valence-corrected chi connectivity index (χ1v) is 3.93. The molecule has 1 N–H and O–H groups in total. The second-order valence-electron chi connectivity index (χ2n) is 2.79. The van der Waals surface area contributed by atoms with Crippen LogP contribution in [0.1, 0.15) is 5.56 Å². The molecule has 2 rings (SSSR count). The third-order valence-electron chi connectivity index (χ3n) is 1.84. The topological polar surface area (TPSA) is 50.9 Å². The van der Waals surface area contributed by atoms with Crippen LogP contribution in [-0.2, 0) is 0 Å². The summed E-state index contributed by atoms with van der Waals surface area (Å²) in [7, 11) is 0. The molecule has 0 spiro atoms. The average molecular weight is 175 g/mol. The number of phenols is 1. The van der Waals surface area contributed by atoms with Crippen LogP contribution in [-0.4, -0.2) is 20.1 Å². The van der Waals surface area contributed by atoms with Gasteiger partial charge in [-0.05, 0) is 18.6 Å². The van der Waals surface area contributed by atoms with Crippen LogP contribution in [0.25, 0.3) is 5.69 Å². The Hall–Kier alpha value is -1.84. The molecular formula is C9H9N3O. The van der Waals surface area contributed by atoms with Gasteiger partial charge in [-0.1, -0.05) is 6.07 Å². The summed E-state index contributed by atoms with van der Waals surface area (Å²) in [5.74, 6) is 0.259.